The molecule has 0 saturated heterocycles. The van der Waals surface area contributed by atoms with Crippen molar-refractivity contribution in [1.29, 1.82) is 0 Å². The van der Waals surface area contributed by atoms with Gasteiger partial charge >= 0.3 is 5.97 Å². The first-order valence-electron chi connectivity index (χ1n) is 5.22. The average Bonchev–Trinajstić information content (AvgIpc) is 2.82. The molecule has 1 aromatic carbocycles. The lowest BCUT2D eigenvalue weighted by Gasteiger charge is -2.06. The van der Waals surface area contributed by atoms with E-state index in [4.69, 9.17) is 10.5 Å². The number of carbonyl (C=O) groups excluding carboxylic acids is 1. The van der Waals surface area contributed by atoms with Gasteiger partial charge in [-0.05, 0) is 36.1 Å². The van der Waals surface area contributed by atoms with Crippen LogP contribution in [0.5, 0.6) is 0 Å². The van der Waals surface area contributed by atoms with Gasteiger partial charge in [0.25, 0.3) is 0 Å². The standard InChI is InChI=1S/C13H13NO2S/c1-9-4-5-10(14)7-12(9)13(15)16-8-11-3-2-6-17-11/h2-7H,8,14H2,1H3. The zero-order chi connectivity index (χ0) is 12.3. The molecule has 3 nitrogen and oxygen atoms in total. The second-order valence-corrected chi connectivity index (χ2v) is 4.76. The second kappa shape index (κ2) is 5.01. The van der Waals surface area contributed by atoms with Gasteiger partial charge in [0.2, 0.25) is 0 Å². The van der Waals surface area contributed by atoms with Crippen LogP contribution in [0.1, 0.15) is 20.8 Å². The highest BCUT2D eigenvalue weighted by Gasteiger charge is 2.11. The average molecular weight is 247 g/mol. The lowest BCUT2D eigenvalue weighted by molar-refractivity contribution is 0.0476. The first kappa shape index (κ1) is 11.7. The van der Waals surface area contributed by atoms with Crippen LogP contribution in [-0.4, -0.2) is 5.97 Å². The molecule has 0 radical (unpaired) electrons. The van der Waals surface area contributed by atoms with E-state index in [1.165, 1.54) is 0 Å². The summed E-state index contributed by atoms with van der Waals surface area (Å²) in [6, 6.07) is 9.10. The number of thiophene rings is 1. The summed E-state index contributed by atoms with van der Waals surface area (Å²) < 4.78 is 5.22. The van der Waals surface area contributed by atoms with E-state index in [-0.39, 0.29) is 5.97 Å². The SMILES string of the molecule is Cc1ccc(N)cc1C(=O)OCc1cccs1. The maximum Gasteiger partial charge on any atom is 0.338 e. The molecule has 0 aliphatic heterocycles. The fourth-order valence-electron chi connectivity index (χ4n) is 1.47. The van der Waals surface area contributed by atoms with Crippen molar-refractivity contribution in [2.45, 2.75) is 13.5 Å². The Morgan fingerprint density at radius 3 is 2.94 bits per heavy atom. The van der Waals surface area contributed by atoms with Crippen molar-refractivity contribution in [3.63, 3.8) is 0 Å². The molecule has 0 aliphatic rings. The van der Waals surface area contributed by atoms with Crippen molar-refractivity contribution >= 4 is 23.0 Å². The van der Waals surface area contributed by atoms with Gasteiger partial charge in [0, 0.05) is 10.6 Å². The molecule has 4 heteroatoms. The van der Waals surface area contributed by atoms with Gasteiger partial charge in [-0.25, -0.2) is 4.79 Å². The summed E-state index contributed by atoms with van der Waals surface area (Å²) in [5.41, 5.74) is 7.62. The third-order valence-electron chi connectivity index (χ3n) is 2.41. The molecule has 0 unspecified atom stereocenters. The molecule has 0 aliphatic carbocycles. The van der Waals surface area contributed by atoms with Crippen LogP contribution in [0.2, 0.25) is 0 Å². The van der Waals surface area contributed by atoms with Gasteiger partial charge in [-0.15, -0.1) is 11.3 Å². The van der Waals surface area contributed by atoms with Gasteiger partial charge in [0.15, 0.2) is 0 Å². The minimum absolute atomic E-state index is 0.310. The minimum atomic E-state index is -0.330. The highest BCUT2D eigenvalue weighted by Crippen LogP contribution is 2.16. The Morgan fingerprint density at radius 2 is 2.24 bits per heavy atom. The normalized spacial score (nSPS) is 10.2. The van der Waals surface area contributed by atoms with Gasteiger partial charge in [0.05, 0.1) is 5.56 Å². The summed E-state index contributed by atoms with van der Waals surface area (Å²) in [5.74, 6) is -0.330. The maximum atomic E-state index is 11.8. The number of rotatable bonds is 3. The topological polar surface area (TPSA) is 52.3 Å². The van der Waals surface area contributed by atoms with Gasteiger partial charge in [-0.3, -0.25) is 0 Å². The van der Waals surface area contributed by atoms with Gasteiger partial charge in [0.1, 0.15) is 6.61 Å². The second-order valence-electron chi connectivity index (χ2n) is 3.73. The number of carbonyl (C=O) groups is 1. The van der Waals surface area contributed by atoms with Gasteiger partial charge < -0.3 is 10.5 Å². The minimum Gasteiger partial charge on any atom is -0.456 e. The summed E-state index contributed by atoms with van der Waals surface area (Å²) in [5, 5.41) is 1.95. The number of anilines is 1. The van der Waals surface area contributed by atoms with E-state index < -0.39 is 0 Å². The predicted molar refractivity (Wildman–Crippen MR) is 69.0 cm³/mol. The van der Waals surface area contributed by atoms with Crippen molar-refractivity contribution in [3.05, 3.63) is 51.7 Å². The summed E-state index contributed by atoms with van der Waals surface area (Å²) in [7, 11) is 0. The first-order chi connectivity index (χ1) is 8.16. The van der Waals surface area contributed by atoms with Crippen LogP contribution in [0.4, 0.5) is 5.69 Å². The van der Waals surface area contributed by atoms with Crippen LogP contribution < -0.4 is 5.73 Å². The smallest absolute Gasteiger partial charge is 0.338 e. The number of hydrogen-bond acceptors (Lipinski definition) is 4. The highest BCUT2D eigenvalue weighted by atomic mass is 32.1. The molecule has 0 atom stereocenters. The molecule has 0 bridgehead atoms. The molecule has 2 rings (SSSR count). The zero-order valence-electron chi connectivity index (χ0n) is 9.47. The molecule has 1 heterocycles. The Kier molecular flexibility index (Phi) is 3.44. The monoisotopic (exact) mass is 247 g/mol. The summed E-state index contributed by atoms with van der Waals surface area (Å²) in [6.45, 7) is 2.17. The maximum absolute atomic E-state index is 11.8. The molecule has 2 aromatic rings. The zero-order valence-corrected chi connectivity index (χ0v) is 10.3. The molecule has 2 N–H and O–H groups in total. The van der Waals surface area contributed by atoms with E-state index in [1.54, 1.807) is 23.5 Å². The molecular weight excluding hydrogens is 234 g/mol. The van der Waals surface area contributed by atoms with E-state index >= 15 is 0 Å². The lowest BCUT2D eigenvalue weighted by atomic mass is 10.1. The van der Waals surface area contributed by atoms with Crippen LogP contribution in [-0.2, 0) is 11.3 Å². The number of ether oxygens (including phenoxy) is 1. The molecule has 0 amide bonds. The first-order valence-corrected chi connectivity index (χ1v) is 6.10. The molecule has 0 spiro atoms. The van der Waals surface area contributed by atoms with E-state index in [2.05, 4.69) is 0 Å². The molecule has 0 fully saturated rings. The number of hydrogen-bond donors (Lipinski definition) is 1. The van der Waals surface area contributed by atoms with Crippen LogP contribution in [0.3, 0.4) is 0 Å². The van der Waals surface area contributed by atoms with Gasteiger partial charge in [-0.1, -0.05) is 12.1 Å². The Morgan fingerprint density at radius 1 is 1.41 bits per heavy atom. The molecule has 17 heavy (non-hydrogen) atoms. The van der Waals surface area contributed by atoms with Crippen molar-refractivity contribution < 1.29 is 9.53 Å². The number of nitrogen functional groups attached to an aromatic ring is 1. The van der Waals surface area contributed by atoms with E-state index in [0.29, 0.717) is 17.9 Å². The van der Waals surface area contributed by atoms with Crippen LogP contribution in [0, 0.1) is 6.92 Å². The van der Waals surface area contributed by atoms with Crippen LogP contribution in [0.15, 0.2) is 35.7 Å². The Balaban J connectivity index is 2.07. The summed E-state index contributed by atoms with van der Waals surface area (Å²) in [6.07, 6.45) is 0. The fourth-order valence-corrected chi connectivity index (χ4v) is 2.08. The molecule has 1 aromatic heterocycles. The highest BCUT2D eigenvalue weighted by molar-refractivity contribution is 7.09. The van der Waals surface area contributed by atoms with Crippen LogP contribution in [0.25, 0.3) is 0 Å². The molecule has 88 valence electrons. The largest absolute Gasteiger partial charge is 0.456 e. The molecule has 0 saturated carbocycles. The fraction of sp³-hybridized carbons (Fsp3) is 0.154. The Labute approximate surface area is 104 Å². The quantitative estimate of drug-likeness (QED) is 0.670. The third-order valence-corrected chi connectivity index (χ3v) is 3.26. The Hall–Kier alpha value is -1.81. The van der Waals surface area contributed by atoms with Crippen molar-refractivity contribution in [2.24, 2.45) is 0 Å². The summed E-state index contributed by atoms with van der Waals surface area (Å²) >= 11 is 1.57. The Bertz CT molecular complexity index is 520. The van der Waals surface area contributed by atoms with Crippen molar-refractivity contribution in [2.75, 3.05) is 5.73 Å². The predicted octanol–water partition coefficient (Wildman–Crippen LogP) is 3.00. The summed E-state index contributed by atoms with van der Waals surface area (Å²) in [4.78, 5) is 12.9. The number of esters is 1. The number of benzene rings is 1. The van der Waals surface area contributed by atoms with Crippen molar-refractivity contribution in [3.8, 4) is 0 Å². The number of nitrogens with two attached hydrogens (primary N) is 1. The van der Waals surface area contributed by atoms with E-state index in [0.717, 1.165) is 10.4 Å². The van der Waals surface area contributed by atoms with E-state index in [1.807, 2.05) is 30.5 Å². The van der Waals surface area contributed by atoms with Gasteiger partial charge in [-0.2, -0.15) is 0 Å². The molecular formula is C13H13NO2S. The number of aryl methyl sites for hydroxylation is 1. The lowest BCUT2D eigenvalue weighted by Crippen LogP contribution is -2.07. The van der Waals surface area contributed by atoms with Crippen LogP contribution >= 0.6 is 11.3 Å². The van der Waals surface area contributed by atoms with E-state index in [9.17, 15) is 4.79 Å². The van der Waals surface area contributed by atoms with Crippen molar-refractivity contribution in [1.82, 2.24) is 0 Å². The third kappa shape index (κ3) is 2.85.